The lowest BCUT2D eigenvalue weighted by atomic mass is 10.1. The van der Waals surface area contributed by atoms with Crippen LogP contribution in [0.4, 0.5) is 0 Å². The third kappa shape index (κ3) is 3.86. The molecular weight excluding hydrogens is 318 g/mol. The Morgan fingerprint density at radius 2 is 1.96 bits per heavy atom. The van der Waals surface area contributed by atoms with Crippen LogP contribution in [-0.4, -0.2) is 22.4 Å². The van der Waals surface area contributed by atoms with Gasteiger partial charge in [0.15, 0.2) is 0 Å². The van der Waals surface area contributed by atoms with E-state index in [9.17, 15) is 4.79 Å². The van der Waals surface area contributed by atoms with E-state index in [2.05, 4.69) is 15.3 Å². The van der Waals surface area contributed by atoms with Gasteiger partial charge in [-0.3, -0.25) is 9.78 Å². The average Bonchev–Trinajstić information content (AvgIpc) is 2.96. The van der Waals surface area contributed by atoms with Gasteiger partial charge in [0.2, 0.25) is 0 Å². The largest absolute Gasteiger partial charge is 0.352 e. The molecule has 1 N–H and O–H groups in total. The molecule has 0 aliphatic rings. The van der Waals surface area contributed by atoms with Crippen LogP contribution in [0.25, 0.3) is 10.6 Å². The van der Waals surface area contributed by atoms with Gasteiger partial charge in [-0.15, -0.1) is 11.3 Å². The van der Waals surface area contributed by atoms with Crippen molar-refractivity contribution < 1.29 is 4.79 Å². The number of rotatable bonds is 5. The number of pyridine rings is 1. The fraction of sp³-hybridized carbons (Fsp3) is 0.211. The lowest BCUT2D eigenvalue weighted by Gasteiger charge is -2.05. The van der Waals surface area contributed by atoms with E-state index < -0.39 is 0 Å². The van der Waals surface area contributed by atoms with Crippen molar-refractivity contribution >= 4 is 17.2 Å². The van der Waals surface area contributed by atoms with Crippen molar-refractivity contribution in [2.24, 2.45) is 0 Å². The molecule has 0 aliphatic carbocycles. The van der Waals surface area contributed by atoms with Gasteiger partial charge >= 0.3 is 0 Å². The van der Waals surface area contributed by atoms with Crippen LogP contribution in [0.5, 0.6) is 0 Å². The van der Waals surface area contributed by atoms with Gasteiger partial charge in [-0.1, -0.05) is 17.7 Å². The first-order chi connectivity index (χ1) is 11.6. The Morgan fingerprint density at radius 1 is 1.17 bits per heavy atom. The SMILES string of the molecule is Cc1cccc(C(=O)NCCc2sc(-c3ccncc3)nc2C)c1. The van der Waals surface area contributed by atoms with Crippen molar-refractivity contribution in [1.82, 2.24) is 15.3 Å². The number of aryl methyl sites for hydroxylation is 2. The van der Waals surface area contributed by atoms with Gasteiger partial charge in [-0.25, -0.2) is 4.98 Å². The predicted molar refractivity (Wildman–Crippen MR) is 97.3 cm³/mol. The molecule has 0 radical (unpaired) electrons. The number of nitrogens with zero attached hydrogens (tertiary/aromatic N) is 2. The van der Waals surface area contributed by atoms with Crippen LogP contribution in [0.15, 0.2) is 48.8 Å². The molecule has 0 atom stereocenters. The quantitative estimate of drug-likeness (QED) is 0.770. The monoisotopic (exact) mass is 337 g/mol. The number of nitrogens with one attached hydrogen (secondary N) is 1. The molecule has 24 heavy (non-hydrogen) atoms. The normalized spacial score (nSPS) is 10.6. The zero-order chi connectivity index (χ0) is 16.9. The van der Waals surface area contributed by atoms with Crippen molar-refractivity contribution in [2.75, 3.05) is 6.54 Å². The number of hydrogen-bond acceptors (Lipinski definition) is 4. The first-order valence-electron chi connectivity index (χ1n) is 7.85. The van der Waals surface area contributed by atoms with E-state index in [-0.39, 0.29) is 5.91 Å². The van der Waals surface area contributed by atoms with Gasteiger partial charge in [0.25, 0.3) is 5.91 Å². The lowest BCUT2D eigenvalue weighted by molar-refractivity contribution is 0.0954. The van der Waals surface area contributed by atoms with E-state index in [1.54, 1.807) is 23.7 Å². The second-order valence-corrected chi connectivity index (χ2v) is 6.72. The minimum absolute atomic E-state index is 0.0322. The Morgan fingerprint density at radius 3 is 2.71 bits per heavy atom. The number of benzene rings is 1. The third-order valence-corrected chi connectivity index (χ3v) is 5.00. The number of aromatic nitrogens is 2. The summed E-state index contributed by atoms with van der Waals surface area (Å²) in [4.78, 5) is 22.0. The van der Waals surface area contributed by atoms with Crippen LogP contribution in [0.3, 0.4) is 0 Å². The van der Waals surface area contributed by atoms with Crippen molar-refractivity contribution in [3.05, 3.63) is 70.5 Å². The third-order valence-electron chi connectivity index (χ3n) is 3.74. The molecule has 0 bridgehead atoms. The second-order valence-electron chi connectivity index (χ2n) is 5.64. The molecule has 3 rings (SSSR count). The summed E-state index contributed by atoms with van der Waals surface area (Å²) in [5.41, 5.74) is 3.89. The number of hydrogen-bond donors (Lipinski definition) is 1. The average molecular weight is 337 g/mol. The molecule has 0 unspecified atom stereocenters. The summed E-state index contributed by atoms with van der Waals surface area (Å²) in [5.74, 6) is -0.0322. The summed E-state index contributed by atoms with van der Waals surface area (Å²) < 4.78 is 0. The van der Waals surface area contributed by atoms with E-state index >= 15 is 0 Å². The van der Waals surface area contributed by atoms with Crippen molar-refractivity contribution in [1.29, 1.82) is 0 Å². The van der Waals surface area contributed by atoms with Crippen LogP contribution < -0.4 is 5.32 Å². The summed E-state index contributed by atoms with van der Waals surface area (Å²) in [5, 5.41) is 3.98. The molecule has 2 aromatic heterocycles. The highest BCUT2D eigenvalue weighted by molar-refractivity contribution is 7.15. The second kappa shape index (κ2) is 7.36. The Kier molecular flexibility index (Phi) is 5.01. The minimum Gasteiger partial charge on any atom is -0.352 e. The highest BCUT2D eigenvalue weighted by Gasteiger charge is 2.10. The molecular formula is C19H19N3OS. The predicted octanol–water partition coefficient (Wildman–Crippen LogP) is 3.79. The summed E-state index contributed by atoms with van der Waals surface area (Å²) in [6.45, 7) is 4.60. The van der Waals surface area contributed by atoms with Gasteiger partial charge in [0.05, 0.1) is 5.69 Å². The van der Waals surface area contributed by atoms with Crippen LogP contribution in [0.2, 0.25) is 0 Å². The number of carbonyl (C=O) groups excluding carboxylic acids is 1. The molecule has 3 aromatic rings. The maximum Gasteiger partial charge on any atom is 0.251 e. The Bertz CT molecular complexity index is 843. The van der Waals surface area contributed by atoms with Crippen LogP contribution in [-0.2, 0) is 6.42 Å². The summed E-state index contributed by atoms with van der Waals surface area (Å²) in [7, 11) is 0. The van der Waals surface area contributed by atoms with Crippen molar-refractivity contribution in [3.63, 3.8) is 0 Å². The lowest BCUT2D eigenvalue weighted by Crippen LogP contribution is -2.25. The van der Waals surface area contributed by atoms with E-state index in [0.717, 1.165) is 28.2 Å². The van der Waals surface area contributed by atoms with Crippen LogP contribution >= 0.6 is 11.3 Å². The number of amides is 1. The highest BCUT2D eigenvalue weighted by Crippen LogP contribution is 2.27. The fourth-order valence-electron chi connectivity index (χ4n) is 2.46. The Hall–Kier alpha value is -2.53. The van der Waals surface area contributed by atoms with E-state index in [0.29, 0.717) is 12.1 Å². The van der Waals surface area contributed by atoms with Crippen molar-refractivity contribution in [2.45, 2.75) is 20.3 Å². The first kappa shape index (κ1) is 16.3. The fourth-order valence-corrected chi connectivity index (χ4v) is 3.52. The molecule has 1 aromatic carbocycles. The summed E-state index contributed by atoms with van der Waals surface area (Å²) in [6.07, 6.45) is 4.33. The minimum atomic E-state index is -0.0322. The molecule has 0 spiro atoms. The van der Waals surface area contributed by atoms with Gasteiger partial charge in [-0.2, -0.15) is 0 Å². The van der Waals surface area contributed by atoms with Gasteiger partial charge in [0, 0.05) is 41.4 Å². The number of carbonyl (C=O) groups is 1. The molecule has 2 heterocycles. The standard InChI is InChI=1S/C19H19N3OS/c1-13-4-3-5-16(12-13)18(23)21-11-8-17-14(2)22-19(24-17)15-6-9-20-10-7-15/h3-7,9-10,12H,8,11H2,1-2H3,(H,21,23). The molecule has 4 nitrogen and oxygen atoms in total. The Labute approximate surface area is 145 Å². The molecule has 0 saturated carbocycles. The maximum atomic E-state index is 12.2. The first-order valence-corrected chi connectivity index (χ1v) is 8.66. The summed E-state index contributed by atoms with van der Waals surface area (Å²) in [6, 6.07) is 11.5. The van der Waals surface area contributed by atoms with E-state index in [4.69, 9.17) is 0 Å². The summed E-state index contributed by atoms with van der Waals surface area (Å²) >= 11 is 1.67. The topological polar surface area (TPSA) is 54.9 Å². The zero-order valence-corrected chi connectivity index (χ0v) is 14.6. The van der Waals surface area contributed by atoms with Gasteiger partial charge in [0.1, 0.15) is 5.01 Å². The maximum absolute atomic E-state index is 12.2. The molecule has 0 fully saturated rings. The molecule has 1 amide bonds. The zero-order valence-electron chi connectivity index (χ0n) is 13.7. The van der Waals surface area contributed by atoms with Crippen molar-refractivity contribution in [3.8, 4) is 10.6 Å². The Balaban J connectivity index is 1.61. The van der Waals surface area contributed by atoms with Crippen LogP contribution in [0, 0.1) is 13.8 Å². The molecule has 0 saturated heterocycles. The van der Waals surface area contributed by atoms with Gasteiger partial charge < -0.3 is 5.32 Å². The highest BCUT2D eigenvalue weighted by atomic mass is 32.1. The smallest absolute Gasteiger partial charge is 0.251 e. The molecule has 122 valence electrons. The van der Waals surface area contributed by atoms with E-state index in [1.165, 1.54) is 4.88 Å². The van der Waals surface area contributed by atoms with Crippen LogP contribution in [0.1, 0.15) is 26.5 Å². The van der Waals surface area contributed by atoms with Gasteiger partial charge in [-0.05, 0) is 38.1 Å². The van der Waals surface area contributed by atoms with E-state index in [1.807, 2.05) is 50.2 Å². The molecule has 0 aliphatic heterocycles. The molecule has 5 heteroatoms. The number of thiazole rings is 1.